The average Bonchev–Trinajstić information content (AvgIpc) is 2.16. The van der Waals surface area contributed by atoms with Crippen molar-refractivity contribution in [3.05, 3.63) is 35.6 Å². The van der Waals surface area contributed by atoms with Crippen molar-refractivity contribution < 1.29 is 13.6 Å². The topological polar surface area (TPSA) is 29.4 Å². The van der Waals surface area contributed by atoms with Gasteiger partial charge in [-0.3, -0.25) is 0 Å². The van der Waals surface area contributed by atoms with Gasteiger partial charge in [0.25, 0.3) is 0 Å². The monoisotopic (exact) mass is 183 g/mol. The van der Waals surface area contributed by atoms with Gasteiger partial charge >= 0.3 is 0 Å². The van der Waals surface area contributed by atoms with Gasteiger partial charge in [-0.2, -0.15) is 4.99 Å². The van der Waals surface area contributed by atoms with Crippen LogP contribution in [0, 0.1) is 5.82 Å². The van der Waals surface area contributed by atoms with Crippen molar-refractivity contribution in [2.75, 3.05) is 6.67 Å². The van der Waals surface area contributed by atoms with E-state index in [4.69, 9.17) is 0 Å². The van der Waals surface area contributed by atoms with E-state index in [0.29, 0.717) is 0 Å². The summed E-state index contributed by atoms with van der Waals surface area (Å²) in [5.74, 6) is -0.566. The first-order chi connectivity index (χ1) is 6.29. The Kier molecular flexibility index (Phi) is 3.29. The highest BCUT2D eigenvalue weighted by molar-refractivity contribution is 5.35. The van der Waals surface area contributed by atoms with Crippen LogP contribution in [0.5, 0.6) is 0 Å². The smallest absolute Gasteiger partial charge is 0.235 e. The second kappa shape index (κ2) is 4.48. The van der Waals surface area contributed by atoms with Crippen LogP contribution < -0.4 is 0 Å². The van der Waals surface area contributed by atoms with Crippen LogP contribution in [0.3, 0.4) is 0 Å². The van der Waals surface area contributed by atoms with Gasteiger partial charge in [0.2, 0.25) is 6.08 Å². The summed E-state index contributed by atoms with van der Waals surface area (Å²) in [5, 5.41) is 0. The maximum absolute atomic E-state index is 13.0. The lowest BCUT2D eigenvalue weighted by molar-refractivity contribution is 0.426. The van der Waals surface area contributed by atoms with Crippen molar-refractivity contribution in [2.45, 2.75) is 6.04 Å². The van der Waals surface area contributed by atoms with Crippen molar-refractivity contribution in [2.24, 2.45) is 4.99 Å². The molecule has 0 radical (unpaired) electrons. The number of benzene rings is 1. The molecule has 0 fully saturated rings. The molecule has 4 heteroatoms. The Morgan fingerprint density at radius 3 is 2.69 bits per heavy atom. The van der Waals surface area contributed by atoms with Gasteiger partial charge in [-0.05, 0) is 6.07 Å². The number of rotatable bonds is 3. The largest absolute Gasteiger partial charge is 0.248 e. The first-order valence-corrected chi connectivity index (χ1v) is 3.67. The summed E-state index contributed by atoms with van der Waals surface area (Å²) in [5.41, 5.74) is 0.0772. The molecule has 1 aromatic carbocycles. The molecule has 1 unspecified atom stereocenters. The lowest BCUT2D eigenvalue weighted by Crippen LogP contribution is -2.00. The predicted molar refractivity (Wildman–Crippen MR) is 43.2 cm³/mol. The zero-order valence-corrected chi connectivity index (χ0v) is 6.71. The van der Waals surface area contributed by atoms with Crippen LogP contribution in [-0.2, 0) is 4.79 Å². The minimum Gasteiger partial charge on any atom is -0.248 e. The molecule has 0 aliphatic rings. The third-order valence-electron chi connectivity index (χ3n) is 1.62. The summed E-state index contributed by atoms with van der Waals surface area (Å²) in [7, 11) is 0. The minimum atomic E-state index is -1.07. The summed E-state index contributed by atoms with van der Waals surface area (Å²) in [6.45, 7) is -0.907. The van der Waals surface area contributed by atoms with Gasteiger partial charge in [0.1, 0.15) is 18.5 Å². The zero-order chi connectivity index (χ0) is 9.68. The third kappa shape index (κ3) is 2.20. The Labute approximate surface area is 73.9 Å². The van der Waals surface area contributed by atoms with Gasteiger partial charge in [0.05, 0.1) is 0 Å². The van der Waals surface area contributed by atoms with Crippen molar-refractivity contribution in [3.8, 4) is 0 Å². The molecule has 1 atom stereocenters. The van der Waals surface area contributed by atoms with Gasteiger partial charge in [0.15, 0.2) is 0 Å². The minimum absolute atomic E-state index is 0.0772. The average molecular weight is 183 g/mol. The fraction of sp³-hybridized carbons (Fsp3) is 0.222. The number of nitrogens with zero attached hydrogens (tertiary/aromatic N) is 1. The molecule has 1 rings (SSSR count). The first kappa shape index (κ1) is 9.55. The molecule has 1 aromatic rings. The van der Waals surface area contributed by atoms with E-state index in [0.717, 1.165) is 0 Å². The molecule has 0 N–H and O–H groups in total. The Bertz CT molecular complexity index is 334. The SMILES string of the molecule is O=C=NC(CF)c1ccccc1F. The number of halogens is 2. The lowest BCUT2D eigenvalue weighted by atomic mass is 10.1. The molecular formula is C9H7F2NO. The van der Waals surface area contributed by atoms with E-state index >= 15 is 0 Å². The van der Waals surface area contributed by atoms with Crippen molar-refractivity contribution in [1.82, 2.24) is 0 Å². The summed E-state index contributed by atoms with van der Waals surface area (Å²) in [6, 6.07) is 4.55. The van der Waals surface area contributed by atoms with Crippen LogP contribution in [0.25, 0.3) is 0 Å². The molecule has 0 saturated heterocycles. The number of hydrogen-bond acceptors (Lipinski definition) is 2. The molecule has 0 saturated carbocycles. The normalized spacial score (nSPS) is 11.8. The van der Waals surface area contributed by atoms with Gasteiger partial charge in [-0.1, -0.05) is 18.2 Å². The van der Waals surface area contributed by atoms with Gasteiger partial charge in [-0.15, -0.1) is 0 Å². The molecule has 0 heterocycles. The fourth-order valence-electron chi connectivity index (χ4n) is 0.996. The van der Waals surface area contributed by atoms with Crippen LogP contribution in [0.1, 0.15) is 11.6 Å². The number of hydrogen-bond donors (Lipinski definition) is 0. The van der Waals surface area contributed by atoms with E-state index in [9.17, 15) is 13.6 Å². The maximum atomic E-state index is 13.0. The lowest BCUT2D eigenvalue weighted by Gasteiger charge is -2.06. The van der Waals surface area contributed by atoms with Gasteiger partial charge in [-0.25, -0.2) is 13.6 Å². The van der Waals surface area contributed by atoms with Gasteiger partial charge in [0, 0.05) is 5.56 Å². The number of alkyl halides is 1. The van der Waals surface area contributed by atoms with E-state index in [1.165, 1.54) is 24.3 Å². The molecule has 0 aliphatic carbocycles. The van der Waals surface area contributed by atoms with Crippen molar-refractivity contribution >= 4 is 6.08 Å². The predicted octanol–water partition coefficient (Wildman–Crippen LogP) is 2.17. The quantitative estimate of drug-likeness (QED) is 0.521. The van der Waals surface area contributed by atoms with E-state index in [1.54, 1.807) is 6.07 Å². The highest BCUT2D eigenvalue weighted by Gasteiger charge is 2.13. The highest BCUT2D eigenvalue weighted by Crippen LogP contribution is 2.20. The molecule has 2 nitrogen and oxygen atoms in total. The molecule has 0 aliphatic heterocycles. The first-order valence-electron chi connectivity index (χ1n) is 3.67. The van der Waals surface area contributed by atoms with Crippen molar-refractivity contribution in [3.63, 3.8) is 0 Å². The molecule has 0 spiro atoms. The Balaban J connectivity index is 3.04. The standard InChI is InChI=1S/C9H7F2NO/c10-5-9(12-6-13)7-3-1-2-4-8(7)11/h1-4,9H,5H2. The number of aliphatic imine (C=N–C) groups is 1. The third-order valence-corrected chi connectivity index (χ3v) is 1.62. The van der Waals surface area contributed by atoms with Gasteiger partial charge < -0.3 is 0 Å². The molecule has 13 heavy (non-hydrogen) atoms. The highest BCUT2D eigenvalue weighted by atomic mass is 19.1. The molecule has 0 amide bonds. The van der Waals surface area contributed by atoms with E-state index < -0.39 is 18.5 Å². The second-order valence-corrected chi connectivity index (χ2v) is 2.41. The van der Waals surface area contributed by atoms with Crippen LogP contribution >= 0.6 is 0 Å². The van der Waals surface area contributed by atoms with Crippen LogP contribution in [0.15, 0.2) is 29.3 Å². The zero-order valence-electron chi connectivity index (χ0n) is 6.71. The number of carbonyl (C=O) groups excluding carboxylic acids is 1. The van der Waals surface area contributed by atoms with Crippen LogP contribution in [-0.4, -0.2) is 12.8 Å². The summed E-state index contributed by atoms with van der Waals surface area (Å²) in [6.07, 6.45) is 1.21. The summed E-state index contributed by atoms with van der Waals surface area (Å²) < 4.78 is 25.3. The van der Waals surface area contributed by atoms with E-state index in [2.05, 4.69) is 4.99 Å². The molecular weight excluding hydrogens is 176 g/mol. The van der Waals surface area contributed by atoms with Crippen LogP contribution in [0.2, 0.25) is 0 Å². The Morgan fingerprint density at radius 2 is 2.15 bits per heavy atom. The molecule has 68 valence electrons. The summed E-state index contributed by atoms with van der Waals surface area (Å²) in [4.78, 5) is 13.0. The molecule has 0 bridgehead atoms. The van der Waals surface area contributed by atoms with Crippen molar-refractivity contribution in [1.29, 1.82) is 0 Å². The Morgan fingerprint density at radius 1 is 1.46 bits per heavy atom. The maximum Gasteiger partial charge on any atom is 0.235 e. The number of isocyanates is 1. The van der Waals surface area contributed by atoms with Crippen LogP contribution in [0.4, 0.5) is 8.78 Å². The fourth-order valence-corrected chi connectivity index (χ4v) is 0.996. The van der Waals surface area contributed by atoms with E-state index in [1.807, 2.05) is 0 Å². The molecule has 0 aromatic heterocycles. The summed E-state index contributed by atoms with van der Waals surface area (Å²) >= 11 is 0. The Hall–Kier alpha value is -1.54. The van der Waals surface area contributed by atoms with E-state index in [-0.39, 0.29) is 5.56 Å². The second-order valence-electron chi connectivity index (χ2n) is 2.41.